The van der Waals surface area contributed by atoms with E-state index in [1.807, 2.05) is 32.2 Å². The topological polar surface area (TPSA) is 92.8 Å². The van der Waals surface area contributed by atoms with E-state index in [9.17, 15) is 4.79 Å². The molecule has 1 unspecified atom stereocenters. The van der Waals surface area contributed by atoms with Crippen LogP contribution in [0, 0.1) is 11.3 Å². The molecule has 1 amide bonds. The van der Waals surface area contributed by atoms with Crippen molar-refractivity contribution in [1.29, 1.82) is 5.26 Å². The number of hydrogen-bond acceptors (Lipinski definition) is 7. The lowest BCUT2D eigenvalue weighted by atomic mass is 10.3. The Kier molecular flexibility index (Phi) is 6.57. The van der Waals surface area contributed by atoms with E-state index in [-0.39, 0.29) is 17.8 Å². The first kappa shape index (κ1) is 20.2. The molecule has 1 aromatic carbocycles. The predicted molar refractivity (Wildman–Crippen MR) is 110 cm³/mol. The van der Waals surface area contributed by atoms with E-state index in [0.29, 0.717) is 32.3 Å². The van der Waals surface area contributed by atoms with Crippen LogP contribution in [0.1, 0.15) is 24.4 Å². The Bertz CT molecular complexity index is 1030. The first-order valence-corrected chi connectivity index (χ1v) is 10.4. The van der Waals surface area contributed by atoms with Crippen LogP contribution in [0.3, 0.4) is 0 Å². The number of rotatable bonds is 7. The number of carbonyl (C=O) groups is 1. The third kappa shape index (κ3) is 4.65. The molecule has 144 valence electrons. The number of benzene rings is 1. The summed E-state index contributed by atoms with van der Waals surface area (Å²) in [6.07, 6.45) is -0.370. The number of hydrogen-bond donors (Lipinski definition) is 1. The lowest BCUT2D eigenvalue weighted by Gasteiger charge is -2.15. The molecule has 28 heavy (non-hydrogen) atoms. The number of thioether (sulfide) groups is 1. The second-order valence-electron chi connectivity index (χ2n) is 5.70. The second kappa shape index (κ2) is 9.10. The van der Waals surface area contributed by atoms with Crippen LogP contribution in [0.2, 0.25) is 5.02 Å². The van der Waals surface area contributed by atoms with Gasteiger partial charge in [-0.25, -0.2) is 0 Å². The van der Waals surface area contributed by atoms with Crippen molar-refractivity contribution in [1.82, 2.24) is 14.8 Å². The Hall–Kier alpha value is -2.54. The first-order valence-electron chi connectivity index (χ1n) is 8.20. The van der Waals surface area contributed by atoms with Gasteiger partial charge in [-0.1, -0.05) is 35.5 Å². The molecule has 0 saturated heterocycles. The Morgan fingerprint density at radius 2 is 2.21 bits per heavy atom. The van der Waals surface area contributed by atoms with Crippen LogP contribution in [0.4, 0.5) is 5.00 Å². The molecule has 2 heterocycles. The zero-order valence-electron chi connectivity index (χ0n) is 15.0. The average Bonchev–Trinajstić information content (AvgIpc) is 3.28. The number of thiophene rings is 1. The summed E-state index contributed by atoms with van der Waals surface area (Å²) in [6.45, 7) is 1.86. The van der Waals surface area contributed by atoms with Crippen molar-refractivity contribution in [2.45, 2.75) is 18.2 Å². The third-order valence-electron chi connectivity index (χ3n) is 3.74. The third-order valence-corrected chi connectivity index (χ3v) is 5.91. The van der Waals surface area contributed by atoms with Crippen molar-refractivity contribution in [3.8, 4) is 11.8 Å². The van der Waals surface area contributed by atoms with Crippen LogP contribution < -0.4 is 10.1 Å². The van der Waals surface area contributed by atoms with Crippen LogP contribution in [-0.4, -0.2) is 26.4 Å². The molecule has 0 aliphatic carbocycles. The number of ether oxygens (including phenoxy) is 1. The molecule has 1 atom stereocenters. The second-order valence-corrected chi connectivity index (χ2v) is 7.97. The molecule has 2 aromatic heterocycles. The van der Waals surface area contributed by atoms with Crippen LogP contribution in [0.5, 0.6) is 5.75 Å². The quantitative estimate of drug-likeness (QED) is 0.559. The van der Waals surface area contributed by atoms with Gasteiger partial charge in [0, 0.05) is 7.05 Å². The average molecular weight is 434 g/mol. The molecule has 0 bridgehead atoms. The molecule has 0 spiro atoms. The van der Waals surface area contributed by atoms with Gasteiger partial charge in [-0.3, -0.25) is 4.79 Å². The summed E-state index contributed by atoms with van der Waals surface area (Å²) in [4.78, 5) is 12.2. The number of para-hydroxylation sites is 1. The van der Waals surface area contributed by atoms with Crippen molar-refractivity contribution in [3.63, 3.8) is 0 Å². The Morgan fingerprint density at radius 3 is 2.96 bits per heavy atom. The van der Waals surface area contributed by atoms with Crippen LogP contribution in [-0.2, 0) is 11.8 Å². The van der Waals surface area contributed by atoms with Gasteiger partial charge in [0.15, 0.2) is 17.1 Å². The maximum Gasteiger partial charge on any atom is 0.235 e. The SMILES string of the molecule is CC(Oc1ccccc1Cl)c1nnc(SCC(=O)Nc2sccc2C#N)n1C. The number of nitrogens with zero attached hydrogens (tertiary/aromatic N) is 4. The van der Waals surface area contributed by atoms with Crippen LogP contribution in [0.25, 0.3) is 0 Å². The summed E-state index contributed by atoms with van der Waals surface area (Å²) in [6, 6.07) is 10.9. The van der Waals surface area contributed by atoms with E-state index in [0.717, 1.165) is 0 Å². The fraction of sp³-hybridized carbons (Fsp3) is 0.222. The van der Waals surface area contributed by atoms with E-state index < -0.39 is 0 Å². The van der Waals surface area contributed by atoms with Gasteiger partial charge in [0.1, 0.15) is 16.8 Å². The minimum atomic E-state index is -0.370. The van der Waals surface area contributed by atoms with Crippen molar-refractivity contribution in [3.05, 3.63) is 52.1 Å². The van der Waals surface area contributed by atoms with E-state index in [2.05, 4.69) is 15.5 Å². The highest BCUT2D eigenvalue weighted by Crippen LogP contribution is 2.29. The standard InChI is InChI=1S/C18H16ClN5O2S2/c1-11(26-14-6-4-3-5-13(14)19)16-22-23-18(24(16)2)28-10-15(25)21-17-12(9-20)7-8-27-17/h3-8,11H,10H2,1-2H3,(H,21,25). The smallest absolute Gasteiger partial charge is 0.235 e. The van der Waals surface area contributed by atoms with Crippen molar-refractivity contribution >= 4 is 45.6 Å². The Labute approximate surface area is 175 Å². The summed E-state index contributed by atoms with van der Waals surface area (Å²) < 4.78 is 7.66. The molecule has 3 rings (SSSR count). The maximum atomic E-state index is 12.2. The van der Waals surface area contributed by atoms with Gasteiger partial charge in [0.05, 0.1) is 16.3 Å². The molecular formula is C18H16ClN5O2S2. The number of anilines is 1. The van der Waals surface area contributed by atoms with Gasteiger partial charge < -0.3 is 14.6 Å². The predicted octanol–water partition coefficient (Wildman–Crippen LogP) is 4.27. The number of aromatic nitrogens is 3. The van der Waals surface area contributed by atoms with E-state index >= 15 is 0 Å². The normalized spacial score (nSPS) is 11.6. The molecule has 0 saturated carbocycles. The van der Waals surface area contributed by atoms with Crippen molar-refractivity contribution in [2.24, 2.45) is 7.05 Å². The number of nitrogens with one attached hydrogen (secondary N) is 1. The first-order chi connectivity index (χ1) is 13.5. The summed E-state index contributed by atoms with van der Waals surface area (Å²) in [5.41, 5.74) is 0.454. The van der Waals surface area contributed by atoms with E-state index in [1.165, 1.54) is 23.1 Å². The molecule has 10 heteroatoms. The van der Waals surface area contributed by atoms with Gasteiger partial charge in [-0.15, -0.1) is 21.5 Å². The highest BCUT2D eigenvalue weighted by atomic mass is 35.5. The summed E-state index contributed by atoms with van der Waals surface area (Å²) >= 11 is 8.70. The van der Waals surface area contributed by atoms with Gasteiger partial charge in [0.25, 0.3) is 0 Å². The summed E-state index contributed by atoms with van der Waals surface area (Å²) in [5.74, 6) is 1.12. The minimum absolute atomic E-state index is 0.147. The van der Waals surface area contributed by atoms with Gasteiger partial charge in [-0.05, 0) is 30.5 Å². The highest BCUT2D eigenvalue weighted by molar-refractivity contribution is 7.99. The molecule has 0 radical (unpaired) electrons. The zero-order chi connectivity index (χ0) is 20.1. The molecule has 0 fully saturated rings. The number of carbonyl (C=O) groups excluding carboxylic acids is 1. The maximum absolute atomic E-state index is 12.2. The van der Waals surface area contributed by atoms with E-state index in [1.54, 1.807) is 28.1 Å². The fourth-order valence-corrected chi connectivity index (χ4v) is 4.03. The number of halogens is 1. The van der Waals surface area contributed by atoms with Crippen LogP contribution >= 0.6 is 34.7 Å². The molecule has 0 aliphatic heterocycles. The summed E-state index contributed by atoms with van der Waals surface area (Å²) in [5, 5.41) is 23.5. The Balaban J connectivity index is 1.60. The molecular weight excluding hydrogens is 418 g/mol. The van der Waals surface area contributed by atoms with Gasteiger partial charge in [-0.2, -0.15) is 5.26 Å². The van der Waals surface area contributed by atoms with Crippen molar-refractivity contribution < 1.29 is 9.53 Å². The van der Waals surface area contributed by atoms with Crippen molar-refractivity contribution in [2.75, 3.05) is 11.1 Å². The van der Waals surface area contributed by atoms with Gasteiger partial charge in [0.2, 0.25) is 5.91 Å². The molecule has 1 N–H and O–H groups in total. The monoisotopic (exact) mass is 433 g/mol. The Morgan fingerprint density at radius 1 is 1.43 bits per heavy atom. The molecule has 0 aliphatic rings. The number of nitriles is 1. The zero-order valence-corrected chi connectivity index (χ0v) is 17.4. The minimum Gasteiger partial charge on any atom is -0.481 e. The lowest BCUT2D eigenvalue weighted by molar-refractivity contribution is -0.113. The largest absolute Gasteiger partial charge is 0.481 e. The van der Waals surface area contributed by atoms with Gasteiger partial charge >= 0.3 is 0 Å². The molecule has 3 aromatic rings. The highest BCUT2D eigenvalue weighted by Gasteiger charge is 2.19. The molecule has 7 nitrogen and oxygen atoms in total. The van der Waals surface area contributed by atoms with E-state index in [4.69, 9.17) is 21.6 Å². The van der Waals surface area contributed by atoms with Crippen LogP contribution in [0.15, 0.2) is 40.9 Å². The lowest BCUT2D eigenvalue weighted by Crippen LogP contribution is -2.14. The fourth-order valence-electron chi connectivity index (χ4n) is 2.38. The summed E-state index contributed by atoms with van der Waals surface area (Å²) in [7, 11) is 1.81. The number of amides is 1.